The highest BCUT2D eigenvalue weighted by atomic mass is 19.1. The molecule has 100 valence electrons. The predicted octanol–water partition coefficient (Wildman–Crippen LogP) is 4.91. The second-order valence-corrected chi connectivity index (χ2v) is 5.49. The van der Waals surface area contributed by atoms with Crippen molar-refractivity contribution in [2.45, 2.75) is 51.9 Å². The van der Waals surface area contributed by atoms with Crippen molar-refractivity contribution >= 4 is 0 Å². The lowest BCUT2D eigenvalue weighted by molar-refractivity contribution is 0.313. The van der Waals surface area contributed by atoms with E-state index in [9.17, 15) is 4.39 Å². The third-order valence-corrected chi connectivity index (χ3v) is 3.90. The first-order chi connectivity index (χ1) is 8.70. The van der Waals surface area contributed by atoms with Gasteiger partial charge in [0.2, 0.25) is 0 Å². The molecule has 1 nitrogen and oxygen atoms in total. The molecule has 1 aromatic carbocycles. The minimum absolute atomic E-state index is 0.0709. The van der Waals surface area contributed by atoms with Crippen molar-refractivity contribution < 1.29 is 9.13 Å². The van der Waals surface area contributed by atoms with Crippen LogP contribution in [0.5, 0.6) is 5.75 Å². The number of ether oxygens (including phenoxy) is 1. The van der Waals surface area contributed by atoms with Crippen LogP contribution in [-0.2, 0) is 0 Å². The van der Waals surface area contributed by atoms with Crippen LogP contribution in [0, 0.1) is 11.7 Å². The van der Waals surface area contributed by atoms with Crippen molar-refractivity contribution in [2.75, 3.05) is 6.61 Å². The first-order valence-corrected chi connectivity index (χ1v) is 7.13. The van der Waals surface area contributed by atoms with E-state index in [1.807, 2.05) is 6.07 Å². The number of hydrogen-bond donors (Lipinski definition) is 0. The van der Waals surface area contributed by atoms with E-state index in [1.54, 1.807) is 12.1 Å². The largest absolute Gasteiger partial charge is 0.494 e. The molecule has 0 bridgehead atoms. The smallest absolute Gasteiger partial charge is 0.126 e. The minimum Gasteiger partial charge on any atom is -0.494 e. The molecule has 0 radical (unpaired) electrons. The summed E-state index contributed by atoms with van der Waals surface area (Å²) < 4.78 is 19.5. The van der Waals surface area contributed by atoms with E-state index in [0.29, 0.717) is 12.5 Å². The molecule has 0 aromatic heterocycles. The third kappa shape index (κ3) is 3.24. The van der Waals surface area contributed by atoms with E-state index >= 15 is 0 Å². The van der Waals surface area contributed by atoms with Crippen LogP contribution in [0.25, 0.3) is 0 Å². The lowest BCUT2D eigenvalue weighted by Crippen LogP contribution is -2.12. The molecule has 1 aliphatic carbocycles. The summed E-state index contributed by atoms with van der Waals surface area (Å²) in [6, 6.07) is 5.20. The standard InChI is InChI=1S/C16H23FO/c1-3-10-18-14-8-9-16(17)15(11-14)13-6-4-12(2)5-7-13/h8-9,11-13H,3-7,10H2,1-2H3. The monoisotopic (exact) mass is 250 g/mol. The molecule has 0 spiro atoms. The van der Waals surface area contributed by atoms with Gasteiger partial charge in [-0.2, -0.15) is 0 Å². The van der Waals surface area contributed by atoms with Crippen LogP contribution >= 0.6 is 0 Å². The lowest BCUT2D eigenvalue weighted by atomic mass is 9.79. The Hall–Kier alpha value is -1.05. The molecule has 0 atom stereocenters. The second-order valence-electron chi connectivity index (χ2n) is 5.49. The van der Waals surface area contributed by atoms with Gasteiger partial charge in [0.15, 0.2) is 0 Å². The Labute approximate surface area is 109 Å². The van der Waals surface area contributed by atoms with Crippen LogP contribution in [-0.4, -0.2) is 6.61 Å². The van der Waals surface area contributed by atoms with Gasteiger partial charge in [-0.15, -0.1) is 0 Å². The molecular weight excluding hydrogens is 227 g/mol. The fourth-order valence-corrected chi connectivity index (χ4v) is 2.72. The van der Waals surface area contributed by atoms with Gasteiger partial charge in [-0.1, -0.05) is 26.7 Å². The van der Waals surface area contributed by atoms with Gasteiger partial charge in [-0.25, -0.2) is 4.39 Å². The molecule has 18 heavy (non-hydrogen) atoms. The third-order valence-electron chi connectivity index (χ3n) is 3.90. The average Bonchev–Trinajstić information content (AvgIpc) is 2.39. The van der Waals surface area contributed by atoms with Gasteiger partial charge in [0.25, 0.3) is 0 Å². The molecule has 0 aliphatic heterocycles. The summed E-state index contributed by atoms with van der Waals surface area (Å²) in [6.07, 6.45) is 5.62. The molecule has 1 aromatic rings. The van der Waals surface area contributed by atoms with Gasteiger partial charge in [-0.05, 0) is 54.9 Å². The van der Waals surface area contributed by atoms with Gasteiger partial charge in [0.1, 0.15) is 11.6 Å². The Morgan fingerprint density at radius 2 is 1.94 bits per heavy atom. The zero-order valence-electron chi connectivity index (χ0n) is 11.4. The van der Waals surface area contributed by atoms with Gasteiger partial charge < -0.3 is 4.74 Å². The molecule has 1 fully saturated rings. The van der Waals surface area contributed by atoms with Crippen molar-refractivity contribution in [1.29, 1.82) is 0 Å². The van der Waals surface area contributed by atoms with Crippen LogP contribution in [0.4, 0.5) is 4.39 Å². The minimum atomic E-state index is -0.0709. The van der Waals surface area contributed by atoms with Crippen molar-refractivity contribution in [3.8, 4) is 5.75 Å². The number of rotatable bonds is 4. The summed E-state index contributed by atoms with van der Waals surface area (Å²) in [6.45, 7) is 5.06. The predicted molar refractivity (Wildman–Crippen MR) is 72.6 cm³/mol. The van der Waals surface area contributed by atoms with Crippen LogP contribution in [0.1, 0.15) is 57.4 Å². The molecule has 0 unspecified atom stereocenters. The lowest BCUT2D eigenvalue weighted by Gasteiger charge is -2.27. The summed E-state index contributed by atoms with van der Waals surface area (Å²) >= 11 is 0. The van der Waals surface area contributed by atoms with Crippen molar-refractivity contribution in [2.24, 2.45) is 5.92 Å². The summed E-state index contributed by atoms with van der Waals surface area (Å²) in [4.78, 5) is 0. The highest BCUT2D eigenvalue weighted by Gasteiger charge is 2.22. The Morgan fingerprint density at radius 3 is 2.61 bits per heavy atom. The quantitative estimate of drug-likeness (QED) is 0.738. The molecule has 0 amide bonds. The first kappa shape index (κ1) is 13.4. The Kier molecular flexibility index (Phi) is 4.62. The topological polar surface area (TPSA) is 9.23 Å². The molecule has 0 saturated heterocycles. The Bertz CT molecular complexity index is 381. The molecular formula is C16H23FO. The highest BCUT2D eigenvalue weighted by Crippen LogP contribution is 2.37. The normalized spacial score (nSPS) is 23.9. The van der Waals surface area contributed by atoms with E-state index in [4.69, 9.17) is 4.74 Å². The van der Waals surface area contributed by atoms with E-state index in [0.717, 1.165) is 36.5 Å². The van der Waals surface area contributed by atoms with Crippen LogP contribution in [0.3, 0.4) is 0 Å². The maximum Gasteiger partial charge on any atom is 0.126 e. The summed E-state index contributed by atoms with van der Waals surface area (Å²) in [7, 11) is 0. The van der Waals surface area contributed by atoms with Crippen LogP contribution in [0.2, 0.25) is 0 Å². The molecule has 2 rings (SSSR count). The zero-order chi connectivity index (χ0) is 13.0. The van der Waals surface area contributed by atoms with Gasteiger partial charge in [0, 0.05) is 0 Å². The molecule has 0 heterocycles. The Morgan fingerprint density at radius 1 is 1.22 bits per heavy atom. The maximum atomic E-state index is 13.9. The average molecular weight is 250 g/mol. The van der Waals surface area contributed by atoms with E-state index in [2.05, 4.69) is 13.8 Å². The number of hydrogen-bond acceptors (Lipinski definition) is 1. The fourth-order valence-electron chi connectivity index (χ4n) is 2.72. The van der Waals surface area contributed by atoms with Gasteiger partial charge in [-0.3, -0.25) is 0 Å². The molecule has 0 N–H and O–H groups in total. The SMILES string of the molecule is CCCOc1ccc(F)c(C2CCC(C)CC2)c1. The fraction of sp³-hybridized carbons (Fsp3) is 0.625. The maximum absolute atomic E-state index is 13.9. The van der Waals surface area contributed by atoms with E-state index in [-0.39, 0.29) is 5.82 Å². The van der Waals surface area contributed by atoms with Crippen LogP contribution < -0.4 is 4.74 Å². The summed E-state index contributed by atoms with van der Waals surface area (Å²) in [5, 5.41) is 0. The van der Waals surface area contributed by atoms with Crippen molar-refractivity contribution in [3.63, 3.8) is 0 Å². The molecule has 1 aliphatic rings. The van der Waals surface area contributed by atoms with Crippen molar-refractivity contribution in [3.05, 3.63) is 29.6 Å². The zero-order valence-corrected chi connectivity index (χ0v) is 11.4. The highest BCUT2D eigenvalue weighted by molar-refractivity contribution is 5.32. The van der Waals surface area contributed by atoms with Crippen molar-refractivity contribution in [1.82, 2.24) is 0 Å². The van der Waals surface area contributed by atoms with Gasteiger partial charge in [0.05, 0.1) is 6.61 Å². The summed E-state index contributed by atoms with van der Waals surface area (Å²) in [5.74, 6) is 1.92. The van der Waals surface area contributed by atoms with E-state index in [1.165, 1.54) is 12.8 Å². The number of halogens is 1. The second kappa shape index (κ2) is 6.21. The van der Waals surface area contributed by atoms with Gasteiger partial charge >= 0.3 is 0 Å². The first-order valence-electron chi connectivity index (χ1n) is 7.13. The number of benzene rings is 1. The molecule has 2 heteroatoms. The Balaban J connectivity index is 2.10. The van der Waals surface area contributed by atoms with E-state index < -0.39 is 0 Å². The molecule has 1 saturated carbocycles. The summed E-state index contributed by atoms with van der Waals surface area (Å²) in [5.41, 5.74) is 0.857. The van der Waals surface area contributed by atoms with Crippen LogP contribution in [0.15, 0.2) is 18.2 Å².